The third kappa shape index (κ3) is 4.12. The number of ether oxygens (including phenoxy) is 1. The highest BCUT2D eigenvalue weighted by molar-refractivity contribution is 5.60. The molecule has 0 spiro atoms. The zero-order valence-corrected chi connectivity index (χ0v) is 15.6. The van der Waals surface area contributed by atoms with Crippen molar-refractivity contribution in [1.82, 2.24) is 9.88 Å². The lowest BCUT2D eigenvalue weighted by atomic mass is 10.0. The van der Waals surface area contributed by atoms with Crippen LogP contribution >= 0.6 is 0 Å². The molecule has 4 nitrogen and oxygen atoms in total. The van der Waals surface area contributed by atoms with E-state index in [0.29, 0.717) is 6.04 Å². The summed E-state index contributed by atoms with van der Waals surface area (Å²) in [6.45, 7) is 2.10. The van der Waals surface area contributed by atoms with Crippen LogP contribution in [0.15, 0.2) is 72.9 Å². The number of nitrogens with one attached hydrogen (secondary N) is 1. The fourth-order valence-electron chi connectivity index (χ4n) is 3.79. The first-order chi connectivity index (χ1) is 13.3. The van der Waals surface area contributed by atoms with Gasteiger partial charge in [-0.25, -0.2) is 4.98 Å². The Hall–Kier alpha value is -2.85. The average Bonchev–Trinajstić information content (AvgIpc) is 3.18. The number of hydrogen-bond donors (Lipinski definition) is 1. The Balaban J connectivity index is 1.55. The average molecular weight is 359 g/mol. The zero-order chi connectivity index (χ0) is 18.5. The molecule has 0 radical (unpaired) electrons. The van der Waals surface area contributed by atoms with Gasteiger partial charge in [0, 0.05) is 30.0 Å². The summed E-state index contributed by atoms with van der Waals surface area (Å²) >= 11 is 0. The second-order valence-electron chi connectivity index (χ2n) is 6.91. The highest BCUT2D eigenvalue weighted by atomic mass is 16.5. The summed E-state index contributed by atoms with van der Waals surface area (Å²) in [5.41, 5.74) is 3.64. The second-order valence-corrected chi connectivity index (χ2v) is 6.91. The quantitative estimate of drug-likeness (QED) is 0.659. The van der Waals surface area contributed by atoms with E-state index in [0.717, 1.165) is 36.8 Å². The van der Waals surface area contributed by atoms with Crippen molar-refractivity contribution in [3.63, 3.8) is 0 Å². The number of pyridine rings is 1. The Morgan fingerprint density at radius 1 is 1.04 bits per heavy atom. The van der Waals surface area contributed by atoms with Crippen LogP contribution in [0.25, 0.3) is 0 Å². The lowest BCUT2D eigenvalue weighted by molar-refractivity contribution is 0.249. The summed E-state index contributed by atoms with van der Waals surface area (Å²) < 4.78 is 5.24. The third-order valence-electron chi connectivity index (χ3n) is 5.14. The molecule has 27 heavy (non-hydrogen) atoms. The van der Waals surface area contributed by atoms with Crippen molar-refractivity contribution in [2.45, 2.75) is 25.4 Å². The van der Waals surface area contributed by atoms with E-state index in [1.54, 1.807) is 7.11 Å². The van der Waals surface area contributed by atoms with Crippen LogP contribution in [0.2, 0.25) is 0 Å². The van der Waals surface area contributed by atoms with E-state index in [1.807, 2.05) is 36.5 Å². The molecule has 1 N–H and O–H groups in total. The van der Waals surface area contributed by atoms with E-state index in [-0.39, 0.29) is 0 Å². The Morgan fingerprint density at radius 3 is 2.63 bits per heavy atom. The van der Waals surface area contributed by atoms with Crippen LogP contribution in [-0.2, 0) is 6.54 Å². The monoisotopic (exact) mass is 359 g/mol. The smallest absolute Gasteiger partial charge is 0.135 e. The van der Waals surface area contributed by atoms with Gasteiger partial charge in [0.1, 0.15) is 11.6 Å². The second kappa shape index (κ2) is 8.23. The van der Waals surface area contributed by atoms with Gasteiger partial charge in [0.2, 0.25) is 0 Å². The summed E-state index contributed by atoms with van der Waals surface area (Å²) in [6.07, 6.45) is 4.23. The normalized spacial score (nSPS) is 17.0. The summed E-state index contributed by atoms with van der Waals surface area (Å²) in [4.78, 5) is 7.19. The molecule has 4 heteroatoms. The first-order valence-electron chi connectivity index (χ1n) is 9.47. The first-order valence-corrected chi connectivity index (χ1v) is 9.47. The van der Waals surface area contributed by atoms with Gasteiger partial charge in [0.05, 0.1) is 7.11 Å². The summed E-state index contributed by atoms with van der Waals surface area (Å²) in [6, 6.07) is 23.3. The van der Waals surface area contributed by atoms with E-state index < -0.39 is 0 Å². The van der Waals surface area contributed by atoms with Crippen molar-refractivity contribution < 1.29 is 4.74 Å². The predicted molar refractivity (Wildman–Crippen MR) is 109 cm³/mol. The number of nitrogens with zero attached hydrogens (tertiary/aromatic N) is 2. The van der Waals surface area contributed by atoms with Crippen molar-refractivity contribution in [3.05, 3.63) is 84.1 Å². The van der Waals surface area contributed by atoms with E-state index in [2.05, 4.69) is 51.6 Å². The molecule has 3 aromatic rings. The molecule has 0 amide bonds. The van der Waals surface area contributed by atoms with Crippen molar-refractivity contribution in [3.8, 4) is 5.75 Å². The van der Waals surface area contributed by atoms with Gasteiger partial charge in [-0.1, -0.05) is 36.4 Å². The highest BCUT2D eigenvalue weighted by Crippen LogP contribution is 2.37. The van der Waals surface area contributed by atoms with E-state index in [4.69, 9.17) is 4.74 Å². The molecule has 0 aliphatic carbocycles. The van der Waals surface area contributed by atoms with Crippen molar-refractivity contribution >= 4 is 11.5 Å². The summed E-state index contributed by atoms with van der Waals surface area (Å²) in [5, 5.41) is 3.49. The number of hydrogen-bond acceptors (Lipinski definition) is 4. The minimum Gasteiger partial charge on any atom is -0.497 e. The van der Waals surface area contributed by atoms with E-state index >= 15 is 0 Å². The standard InChI is InChI=1S/C23H25N3O/c1-27-20-13-11-19(12-14-20)25-23-21(9-5-15-24-23)22-10-6-16-26(22)17-18-7-3-2-4-8-18/h2-5,7-9,11-15,22H,6,10,16-17H2,1H3,(H,24,25). The highest BCUT2D eigenvalue weighted by Gasteiger charge is 2.28. The predicted octanol–water partition coefficient (Wildman–Crippen LogP) is 5.17. The Bertz CT molecular complexity index is 864. The molecule has 1 saturated heterocycles. The maximum Gasteiger partial charge on any atom is 0.135 e. The maximum absolute atomic E-state index is 5.24. The van der Waals surface area contributed by atoms with Gasteiger partial charge in [-0.2, -0.15) is 0 Å². The van der Waals surface area contributed by atoms with Gasteiger partial charge < -0.3 is 10.1 Å². The van der Waals surface area contributed by atoms with Gasteiger partial charge in [-0.3, -0.25) is 4.90 Å². The lowest BCUT2D eigenvalue weighted by Gasteiger charge is -2.26. The first kappa shape index (κ1) is 17.6. The van der Waals surface area contributed by atoms with Crippen LogP contribution in [0.4, 0.5) is 11.5 Å². The van der Waals surface area contributed by atoms with Crippen molar-refractivity contribution in [2.75, 3.05) is 19.0 Å². The number of methoxy groups -OCH3 is 1. The van der Waals surface area contributed by atoms with Crippen LogP contribution in [-0.4, -0.2) is 23.5 Å². The largest absolute Gasteiger partial charge is 0.497 e. The van der Waals surface area contributed by atoms with Gasteiger partial charge in [-0.05, 0) is 55.3 Å². The van der Waals surface area contributed by atoms with E-state index in [1.165, 1.54) is 17.5 Å². The van der Waals surface area contributed by atoms with Crippen LogP contribution < -0.4 is 10.1 Å². The fourth-order valence-corrected chi connectivity index (χ4v) is 3.79. The molecule has 1 atom stereocenters. The molecule has 4 rings (SSSR count). The molecule has 1 aliphatic rings. The maximum atomic E-state index is 5.24. The topological polar surface area (TPSA) is 37.4 Å². The molecule has 1 aliphatic heterocycles. The van der Waals surface area contributed by atoms with Crippen molar-refractivity contribution in [2.24, 2.45) is 0 Å². The molecule has 138 valence electrons. The molecule has 2 heterocycles. The number of rotatable bonds is 6. The summed E-state index contributed by atoms with van der Waals surface area (Å²) in [7, 11) is 1.68. The molecule has 1 unspecified atom stereocenters. The van der Waals surface area contributed by atoms with Gasteiger partial charge >= 0.3 is 0 Å². The molecular weight excluding hydrogens is 334 g/mol. The minimum absolute atomic E-state index is 0.389. The third-order valence-corrected chi connectivity index (χ3v) is 5.14. The number of likely N-dealkylation sites (tertiary alicyclic amines) is 1. The van der Waals surface area contributed by atoms with Crippen LogP contribution in [0.3, 0.4) is 0 Å². The van der Waals surface area contributed by atoms with Crippen LogP contribution in [0.1, 0.15) is 30.0 Å². The SMILES string of the molecule is COc1ccc(Nc2ncccc2C2CCCN2Cc2ccccc2)cc1. The van der Waals surface area contributed by atoms with Gasteiger partial charge in [-0.15, -0.1) is 0 Å². The zero-order valence-electron chi connectivity index (χ0n) is 15.6. The Morgan fingerprint density at radius 2 is 1.85 bits per heavy atom. The number of anilines is 2. The molecule has 2 aromatic carbocycles. The molecule has 0 saturated carbocycles. The Kier molecular flexibility index (Phi) is 5.35. The van der Waals surface area contributed by atoms with Crippen LogP contribution in [0, 0.1) is 0 Å². The van der Waals surface area contributed by atoms with Crippen LogP contribution in [0.5, 0.6) is 5.75 Å². The Labute approximate surface area is 160 Å². The minimum atomic E-state index is 0.389. The van der Waals surface area contributed by atoms with Gasteiger partial charge in [0.15, 0.2) is 0 Å². The fraction of sp³-hybridized carbons (Fsp3) is 0.261. The van der Waals surface area contributed by atoms with Crippen molar-refractivity contribution in [1.29, 1.82) is 0 Å². The molecule has 1 aromatic heterocycles. The number of aromatic nitrogens is 1. The molecular formula is C23H25N3O. The number of benzene rings is 2. The molecule has 0 bridgehead atoms. The van der Waals surface area contributed by atoms with Gasteiger partial charge in [0.25, 0.3) is 0 Å². The lowest BCUT2D eigenvalue weighted by Crippen LogP contribution is -2.23. The molecule has 1 fully saturated rings. The summed E-state index contributed by atoms with van der Waals surface area (Å²) in [5.74, 6) is 1.79. The van der Waals surface area contributed by atoms with E-state index in [9.17, 15) is 0 Å².